The second-order valence-electron chi connectivity index (χ2n) is 3.57. The summed E-state index contributed by atoms with van der Waals surface area (Å²) in [5.74, 6) is 0.779. The molecule has 0 aromatic heterocycles. The maximum atomic E-state index is 5.81. The molecule has 0 aliphatic rings. The highest BCUT2D eigenvalue weighted by atomic mass is 79.9. The van der Waals surface area contributed by atoms with Gasteiger partial charge in [0.15, 0.2) is 0 Å². The first-order valence-electron chi connectivity index (χ1n) is 5.08. The van der Waals surface area contributed by atoms with Crippen LogP contribution in [-0.2, 0) is 6.61 Å². The largest absolute Gasteiger partial charge is 0.489 e. The smallest absolute Gasteiger partial charge is 0.122 e. The zero-order valence-corrected chi connectivity index (χ0v) is 12.2. The van der Waals surface area contributed by atoms with Gasteiger partial charge in [0.1, 0.15) is 12.4 Å². The van der Waals surface area contributed by atoms with Crippen LogP contribution in [0.15, 0.2) is 51.4 Å². The van der Waals surface area contributed by atoms with Gasteiger partial charge in [0.05, 0.1) is 5.69 Å². The molecule has 0 atom stereocenters. The van der Waals surface area contributed by atoms with E-state index in [1.54, 1.807) is 0 Å². The molecule has 0 heterocycles. The normalized spacial score (nSPS) is 10.2. The molecule has 0 spiro atoms. The molecule has 0 bridgehead atoms. The van der Waals surface area contributed by atoms with Crippen LogP contribution < -0.4 is 10.5 Å². The molecule has 0 radical (unpaired) electrons. The van der Waals surface area contributed by atoms with Crippen LogP contribution in [0.4, 0.5) is 5.69 Å². The zero-order valence-electron chi connectivity index (χ0n) is 8.99. The quantitative estimate of drug-likeness (QED) is 0.828. The lowest BCUT2D eigenvalue weighted by Gasteiger charge is -2.09. The molecule has 0 fully saturated rings. The lowest BCUT2D eigenvalue weighted by Crippen LogP contribution is -1.96. The van der Waals surface area contributed by atoms with E-state index in [0.29, 0.717) is 12.3 Å². The van der Waals surface area contributed by atoms with Gasteiger partial charge in [0.25, 0.3) is 0 Å². The molecule has 2 nitrogen and oxygen atoms in total. The molecule has 2 rings (SSSR count). The molecular formula is C13H11Br2NO. The summed E-state index contributed by atoms with van der Waals surface area (Å²) < 4.78 is 7.35. The Kier molecular flexibility index (Phi) is 4.07. The molecule has 2 aromatic carbocycles. The highest BCUT2D eigenvalue weighted by molar-refractivity contribution is 9.11. The third kappa shape index (κ3) is 3.23. The van der Waals surface area contributed by atoms with Crippen molar-refractivity contribution in [2.45, 2.75) is 6.61 Å². The van der Waals surface area contributed by atoms with Gasteiger partial charge in [-0.05, 0) is 49.6 Å². The van der Waals surface area contributed by atoms with Gasteiger partial charge in [-0.1, -0.05) is 30.3 Å². The SMILES string of the molecule is Nc1c(Br)cc(OCc2ccccc2)cc1Br. The van der Waals surface area contributed by atoms with Crippen molar-refractivity contribution in [2.24, 2.45) is 0 Å². The molecule has 0 saturated heterocycles. The fourth-order valence-corrected chi connectivity index (χ4v) is 2.53. The Labute approximate surface area is 117 Å². The van der Waals surface area contributed by atoms with Gasteiger partial charge in [-0.15, -0.1) is 0 Å². The number of rotatable bonds is 3. The second kappa shape index (κ2) is 5.56. The van der Waals surface area contributed by atoms with Crippen LogP contribution in [0.25, 0.3) is 0 Å². The van der Waals surface area contributed by atoms with E-state index in [9.17, 15) is 0 Å². The van der Waals surface area contributed by atoms with Crippen molar-refractivity contribution in [1.82, 2.24) is 0 Å². The first-order valence-corrected chi connectivity index (χ1v) is 6.66. The zero-order chi connectivity index (χ0) is 12.3. The summed E-state index contributed by atoms with van der Waals surface area (Å²) in [6.07, 6.45) is 0. The third-order valence-electron chi connectivity index (χ3n) is 2.30. The monoisotopic (exact) mass is 355 g/mol. The molecule has 4 heteroatoms. The molecular weight excluding hydrogens is 346 g/mol. The summed E-state index contributed by atoms with van der Waals surface area (Å²) in [6.45, 7) is 0.545. The third-order valence-corrected chi connectivity index (χ3v) is 3.61. The fraction of sp³-hybridized carbons (Fsp3) is 0.0769. The second-order valence-corrected chi connectivity index (χ2v) is 5.28. The van der Waals surface area contributed by atoms with Crippen molar-refractivity contribution in [3.05, 3.63) is 57.0 Å². The Balaban J connectivity index is 2.10. The molecule has 88 valence electrons. The summed E-state index contributed by atoms with van der Waals surface area (Å²) in [7, 11) is 0. The van der Waals surface area contributed by atoms with Crippen LogP contribution in [0.5, 0.6) is 5.75 Å². The predicted octanol–water partition coefficient (Wildman–Crippen LogP) is 4.37. The number of nitrogen functional groups attached to an aromatic ring is 1. The molecule has 0 aliphatic carbocycles. The van der Waals surface area contributed by atoms with Gasteiger partial charge in [-0.2, -0.15) is 0 Å². The standard InChI is InChI=1S/C13H11Br2NO/c14-11-6-10(7-12(15)13(11)16)17-8-9-4-2-1-3-5-9/h1-7H,8,16H2. The minimum atomic E-state index is 0.545. The highest BCUT2D eigenvalue weighted by Gasteiger charge is 2.05. The van der Waals surface area contributed by atoms with Crippen molar-refractivity contribution < 1.29 is 4.74 Å². The molecule has 0 unspecified atom stereocenters. The molecule has 0 aliphatic heterocycles. The molecule has 17 heavy (non-hydrogen) atoms. The first-order chi connectivity index (χ1) is 8.16. The van der Waals surface area contributed by atoms with Gasteiger partial charge in [0, 0.05) is 8.95 Å². The summed E-state index contributed by atoms with van der Waals surface area (Å²) >= 11 is 6.78. The Morgan fingerprint density at radius 3 is 2.18 bits per heavy atom. The maximum Gasteiger partial charge on any atom is 0.122 e. The van der Waals surface area contributed by atoms with E-state index in [0.717, 1.165) is 20.3 Å². The minimum absolute atomic E-state index is 0.545. The number of benzene rings is 2. The highest BCUT2D eigenvalue weighted by Crippen LogP contribution is 2.33. The van der Waals surface area contributed by atoms with Gasteiger partial charge in [0.2, 0.25) is 0 Å². The van der Waals surface area contributed by atoms with E-state index in [4.69, 9.17) is 10.5 Å². The van der Waals surface area contributed by atoms with Crippen LogP contribution >= 0.6 is 31.9 Å². The van der Waals surface area contributed by atoms with Crippen LogP contribution in [0.1, 0.15) is 5.56 Å². The van der Waals surface area contributed by atoms with Crippen molar-refractivity contribution in [3.8, 4) is 5.75 Å². The number of nitrogens with two attached hydrogens (primary N) is 1. The Bertz CT molecular complexity index is 491. The van der Waals surface area contributed by atoms with Crippen LogP contribution in [0.2, 0.25) is 0 Å². The first kappa shape index (κ1) is 12.5. The number of hydrogen-bond donors (Lipinski definition) is 1. The Morgan fingerprint density at radius 1 is 1.00 bits per heavy atom. The Morgan fingerprint density at radius 2 is 1.59 bits per heavy atom. The average molecular weight is 357 g/mol. The fourth-order valence-electron chi connectivity index (χ4n) is 1.39. The van der Waals surface area contributed by atoms with Crippen molar-refractivity contribution >= 4 is 37.5 Å². The summed E-state index contributed by atoms with van der Waals surface area (Å²) in [4.78, 5) is 0. The van der Waals surface area contributed by atoms with Crippen molar-refractivity contribution in [3.63, 3.8) is 0 Å². The van der Waals surface area contributed by atoms with E-state index in [-0.39, 0.29) is 0 Å². The predicted molar refractivity (Wildman–Crippen MR) is 77.0 cm³/mol. The van der Waals surface area contributed by atoms with Crippen LogP contribution in [0, 0.1) is 0 Å². The minimum Gasteiger partial charge on any atom is -0.489 e. The van der Waals surface area contributed by atoms with Crippen molar-refractivity contribution in [2.75, 3.05) is 5.73 Å². The van der Waals surface area contributed by atoms with Gasteiger partial charge >= 0.3 is 0 Å². The van der Waals surface area contributed by atoms with Gasteiger partial charge in [-0.3, -0.25) is 0 Å². The Hall–Kier alpha value is -1.00. The molecule has 0 amide bonds. The molecule has 2 aromatic rings. The number of halogens is 2. The molecule has 0 saturated carbocycles. The van der Waals surface area contributed by atoms with Crippen molar-refractivity contribution in [1.29, 1.82) is 0 Å². The summed E-state index contributed by atoms with van der Waals surface area (Å²) in [5, 5.41) is 0. The van der Waals surface area contributed by atoms with Gasteiger partial charge < -0.3 is 10.5 Å². The number of anilines is 1. The lowest BCUT2D eigenvalue weighted by atomic mass is 10.2. The average Bonchev–Trinajstić information content (AvgIpc) is 2.34. The van der Waals surface area contributed by atoms with Crippen LogP contribution in [-0.4, -0.2) is 0 Å². The number of hydrogen-bond acceptors (Lipinski definition) is 2. The lowest BCUT2D eigenvalue weighted by molar-refractivity contribution is 0.306. The van der Waals surface area contributed by atoms with E-state index in [2.05, 4.69) is 31.9 Å². The van der Waals surface area contributed by atoms with E-state index in [1.165, 1.54) is 0 Å². The van der Waals surface area contributed by atoms with Gasteiger partial charge in [-0.25, -0.2) is 0 Å². The van der Waals surface area contributed by atoms with Crippen LogP contribution in [0.3, 0.4) is 0 Å². The summed E-state index contributed by atoms with van der Waals surface area (Å²) in [6, 6.07) is 13.8. The number of ether oxygens (including phenoxy) is 1. The molecule has 2 N–H and O–H groups in total. The topological polar surface area (TPSA) is 35.2 Å². The van der Waals surface area contributed by atoms with E-state index >= 15 is 0 Å². The maximum absolute atomic E-state index is 5.81. The summed E-state index contributed by atoms with van der Waals surface area (Å²) in [5.41, 5.74) is 7.62. The van der Waals surface area contributed by atoms with E-state index in [1.807, 2.05) is 42.5 Å². The van der Waals surface area contributed by atoms with E-state index < -0.39 is 0 Å².